The molecule has 2 rings (SSSR count). The van der Waals surface area contributed by atoms with Gasteiger partial charge in [-0.25, -0.2) is 0 Å². The Morgan fingerprint density at radius 2 is 1.61 bits per heavy atom. The molecule has 1 fully saturated rings. The van der Waals surface area contributed by atoms with Gasteiger partial charge in [-0.2, -0.15) is 0 Å². The lowest BCUT2D eigenvalue weighted by atomic mass is 9.76. The van der Waals surface area contributed by atoms with Crippen molar-refractivity contribution in [2.75, 3.05) is 0 Å². The highest BCUT2D eigenvalue weighted by atomic mass is 14.7. The van der Waals surface area contributed by atoms with Crippen LogP contribution in [0, 0.1) is 19.8 Å². The second-order valence-electron chi connectivity index (χ2n) is 6.27. The summed E-state index contributed by atoms with van der Waals surface area (Å²) in [6, 6.07) is 6.74. The van der Waals surface area contributed by atoms with E-state index in [2.05, 4.69) is 39.0 Å². The van der Waals surface area contributed by atoms with E-state index in [1.54, 1.807) is 0 Å². The summed E-state index contributed by atoms with van der Waals surface area (Å²) >= 11 is 0. The van der Waals surface area contributed by atoms with E-state index in [0.717, 1.165) is 0 Å². The minimum absolute atomic E-state index is 0.164. The van der Waals surface area contributed by atoms with Crippen LogP contribution in [0.15, 0.2) is 18.2 Å². The molecule has 1 atom stereocenters. The van der Waals surface area contributed by atoms with Crippen molar-refractivity contribution >= 4 is 0 Å². The summed E-state index contributed by atoms with van der Waals surface area (Å²) in [5.74, 6) is 0.641. The molecule has 0 aliphatic heterocycles. The minimum atomic E-state index is -0.164. The van der Waals surface area contributed by atoms with Crippen molar-refractivity contribution in [3.05, 3.63) is 34.9 Å². The molecule has 0 saturated heterocycles. The van der Waals surface area contributed by atoms with Crippen LogP contribution in [0.25, 0.3) is 0 Å². The topological polar surface area (TPSA) is 26.0 Å². The number of aryl methyl sites for hydroxylation is 2. The van der Waals surface area contributed by atoms with Gasteiger partial charge in [0, 0.05) is 5.54 Å². The zero-order valence-electron chi connectivity index (χ0n) is 12.1. The van der Waals surface area contributed by atoms with Gasteiger partial charge in [-0.05, 0) is 56.2 Å². The van der Waals surface area contributed by atoms with E-state index < -0.39 is 0 Å². The summed E-state index contributed by atoms with van der Waals surface area (Å²) in [6.45, 7) is 6.58. The van der Waals surface area contributed by atoms with Gasteiger partial charge in [-0.15, -0.1) is 0 Å². The van der Waals surface area contributed by atoms with Gasteiger partial charge in [0.05, 0.1) is 0 Å². The number of benzene rings is 1. The van der Waals surface area contributed by atoms with E-state index in [-0.39, 0.29) is 5.54 Å². The Bertz CT molecular complexity index is 398. The van der Waals surface area contributed by atoms with Crippen molar-refractivity contribution in [2.45, 2.75) is 64.8 Å². The molecule has 0 heterocycles. The summed E-state index contributed by atoms with van der Waals surface area (Å²) < 4.78 is 0. The van der Waals surface area contributed by atoms with Crippen LogP contribution >= 0.6 is 0 Å². The summed E-state index contributed by atoms with van der Waals surface area (Å²) in [7, 11) is 0. The lowest BCUT2D eigenvalue weighted by molar-refractivity contribution is 0.268. The molecule has 1 unspecified atom stereocenters. The van der Waals surface area contributed by atoms with Gasteiger partial charge in [-0.1, -0.05) is 43.9 Å². The van der Waals surface area contributed by atoms with Crippen LogP contribution in [-0.2, 0) is 5.54 Å². The molecule has 18 heavy (non-hydrogen) atoms. The zero-order chi connectivity index (χ0) is 13.2. The monoisotopic (exact) mass is 245 g/mol. The van der Waals surface area contributed by atoms with Gasteiger partial charge in [0.1, 0.15) is 0 Å². The molecule has 1 aliphatic carbocycles. The fraction of sp³-hybridized carbons (Fsp3) is 0.647. The Morgan fingerprint density at radius 1 is 1.00 bits per heavy atom. The lowest BCUT2D eigenvalue weighted by Crippen LogP contribution is -2.41. The molecule has 1 saturated carbocycles. The largest absolute Gasteiger partial charge is 0.321 e. The molecular formula is C17H27N. The Morgan fingerprint density at radius 3 is 2.17 bits per heavy atom. The van der Waals surface area contributed by atoms with Crippen LogP contribution in [-0.4, -0.2) is 0 Å². The summed E-state index contributed by atoms with van der Waals surface area (Å²) in [5, 5.41) is 0. The van der Waals surface area contributed by atoms with E-state index in [0.29, 0.717) is 5.92 Å². The molecule has 0 radical (unpaired) electrons. The van der Waals surface area contributed by atoms with Gasteiger partial charge in [0.2, 0.25) is 0 Å². The molecule has 1 aromatic carbocycles. The van der Waals surface area contributed by atoms with Gasteiger partial charge in [0.15, 0.2) is 0 Å². The van der Waals surface area contributed by atoms with Crippen molar-refractivity contribution in [3.8, 4) is 0 Å². The van der Waals surface area contributed by atoms with E-state index in [4.69, 9.17) is 5.73 Å². The number of hydrogen-bond acceptors (Lipinski definition) is 1. The smallest absolute Gasteiger partial charge is 0.0409 e. The second kappa shape index (κ2) is 5.44. The maximum Gasteiger partial charge on any atom is 0.0409 e. The summed E-state index contributed by atoms with van der Waals surface area (Å²) in [4.78, 5) is 0. The molecule has 0 spiro atoms. The van der Waals surface area contributed by atoms with Gasteiger partial charge in [0.25, 0.3) is 0 Å². The molecule has 0 amide bonds. The first kappa shape index (κ1) is 13.6. The quantitative estimate of drug-likeness (QED) is 0.765. The van der Waals surface area contributed by atoms with Crippen LogP contribution in [0.4, 0.5) is 0 Å². The number of hydrogen-bond donors (Lipinski definition) is 1. The highest BCUT2D eigenvalue weighted by Crippen LogP contribution is 2.36. The van der Waals surface area contributed by atoms with E-state index >= 15 is 0 Å². The molecule has 2 N–H and O–H groups in total. The fourth-order valence-corrected chi connectivity index (χ4v) is 3.19. The maximum absolute atomic E-state index is 6.70. The van der Waals surface area contributed by atoms with Crippen molar-refractivity contribution in [3.63, 3.8) is 0 Å². The molecule has 1 heteroatoms. The van der Waals surface area contributed by atoms with Crippen LogP contribution in [0.5, 0.6) is 0 Å². The van der Waals surface area contributed by atoms with Crippen LogP contribution < -0.4 is 5.73 Å². The highest BCUT2D eigenvalue weighted by Gasteiger charge is 2.32. The van der Waals surface area contributed by atoms with Crippen molar-refractivity contribution in [2.24, 2.45) is 11.7 Å². The molecule has 1 nitrogen and oxygen atoms in total. The molecule has 100 valence electrons. The minimum Gasteiger partial charge on any atom is -0.321 e. The number of nitrogens with two attached hydrogens (primary N) is 1. The first-order chi connectivity index (χ1) is 8.51. The predicted octanol–water partition coefficient (Wildman–Crippen LogP) is 4.45. The average Bonchev–Trinajstić information content (AvgIpc) is 2.61. The first-order valence-corrected chi connectivity index (χ1v) is 7.38. The Labute approximate surface area is 112 Å². The Hall–Kier alpha value is -0.820. The summed E-state index contributed by atoms with van der Waals surface area (Å²) in [5.41, 5.74) is 10.6. The Kier molecular flexibility index (Phi) is 4.11. The number of rotatable bonds is 2. The first-order valence-electron chi connectivity index (χ1n) is 7.38. The van der Waals surface area contributed by atoms with Gasteiger partial charge < -0.3 is 5.73 Å². The zero-order valence-corrected chi connectivity index (χ0v) is 12.1. The molecule has 1 aliphatic rings. The molecular weight excluding hydrogens is 218 g/mol. The van der Waals surface area contributed by atoms with Crippen LogP contribution in [0.3, 0.4) is 0 Å². The lowest BCUT2D eigenvalue weighted by Gasteiger charge is -2.34. The SMILES string of the molecule is Cc1ccc(C(C)(N)C2CCCCCC2)cc1C. The Balaban J connectivity index is 2.24. The normalized spacial score (nSPS) is 21.3. The average molecular weight is 245 g/mol. The van der Waals surface area contributed by atoms with Crippen molar-refractivity contribution < 1.29 is 0 Å². The van der Waals surface area contributed by atoms with Gasteiger partial charge in [-0.3, -0.25) is 0 Å². The molecule has 0 aromatic heterocycles. The molecule has 0 bridgehead atoms. The van der Waals surface area contributed by atoms with E-state index in [9.17, 15) is 0 Å². The van der Waals surface area contributed by atoms with E-state index in [1.165, 1.54) is 55.2 Å². The fourth-order valence-electron chi connectivity index (χ4n) is 3.19. The van der Waals surface area contributed by atoms with Crippen molar-refractivity contribution in [1.29, 1.82) is 0 Å². The second-order valence-corrected chi connectivity index (χ2v) is 6.27. The molecule has 1 aromatic rings. The third-order valence-electron chi connectivity index (χ3n) is 4.83. The highest BCUT2D eigenvalue weighted by molar-refractivity contribution is 5.34. The van der Waals surface area contributed by atoms with Crippen molar-refractivity contribution in [1.82, 2.24) is 0 Å². The standard InChI is InChI=1S/C17H27N/c1-13-10-11-16(12-14(13)2)17(3,18)15-8-6-4-5-7-9-15/h10-12,15H,4-9,18H2,1-3H3. The third kappa shape index (κ3) is 2.77. The summed E-state index contributed by atoms with van der Waals surface area (Å²) in [6.07, 6.45) is 8.06. The van der Waals surface area contributed by atoms with Crippen LogP contribution in [0.2, 0.25) is 0 Å². The van der Waals surface area contributed by atoms with E-state index in [1.807, 2.05) is 0 Å². The van der Waals surface area contributed by atoms with Crippen LogP contribution in [0.1, 0.15) is 62.1 Å². The maximum atomic E-state index is 6.70. The van der Waals surface area contributed by atoms with Gasteiger partial charge >= 0.3 is 0 Å². The predicted molar refractivity (Wildman–Crippen MR) is 78.6 cm³/mol. The third-order valence-corrected chi connectivity index (χ3v) is 4.83.